The van der Waals surface area contributed by atoms with Crippen LogP contribution in [0.5, 0.6) is 0 Å². The number of carbonyl (C=O) groups excluding carboxylic acids is 1. The minimum atomic E-state index is -3.34. The molecule has 0 amide bonds. The van der Waals surface area contributed by atoms with Crippen LogP contribution in [0, 0.1) is 0 Å². The van der Waals surface area contributed by atoms with Crippen molar-refractivity contribution in [3.63, 3.8) is 0 Å². The molecule has 0 atom stereocenters. The molecule has 0 aromatic carbocycles. The average Bonchev–Trinajstić information content (AvgIpc) is 2.38. The predicted octanol–water partition coefficient (Wildman–Crippen LogP) is 4.74. The maximum absolute atomic E-state index is 11.6. The molecule has 0 fully saturated rings. The van der Waals surface area contributed by atoms with Gasteiger partial charge < -0.3 is 0 Å². The van der Waals surface area contributed by atoms with Crippen molar-refractivity contribution in [2.75, 3.05) is 7.11 Å². The summed E-state index contributed by atoms with van der Waals surface area (Å²) in [5.74, 6) is -0.169. The summed E-state index contributed by atoms with van der Waals surface area (Å²) in [7, 11) is 1.81. The Labute approximate surface area is 141 Å². The van der Waals surface area contributed by atoms with Gasteiger partial charge in [-0.3, -0.25) is 0 Å². The van der Waals surface area contributed by atoms with Crippen LogP contribution in [0.25, 0.3) is 0 Å². The average molecular weight is 516 g/mol. The summed E-state index contributed by atoms with van der Waals surface area (Å²) in [6, 6.07) is 0. The second kappa shape index (κ2) is 11.5. The first-order valence-corrected chi connectivity index (χ1v) is 21.1. The monoisotopic (exact) mass is 518 g/mol. The molecule has 4 nitrogen and oxygen atoms in total. The Morgan fingerprint density at radius 2 is 1.19 bits per heavy atom. The first kappa shape index (κ1) is 22.0. The molecule has 0 aromatic heterocycles. The molecular formula is C15H34O4Sn2. The molecule has 6 heteroatoms. The van der Waals surface area contributed by atoms with Gasteiger partial charge in [0.15, 0.2) is 0 Å². The number of carbonyl (C=O) groups is 1. The number of hydrogen-bond donors (Lipinski definition) is 0. The fourth-order valence-corrected chi connectivity index (χ4v) is 43.0. The molecule has 126 valence electrons. The van der Waals surface area contributed by atoms with Crippen molar-refractivity contribution in [3.05, 3.63) is 0 Å². The van der Waals surface area contributed by atoms with Crippen molar-refractivity contribution in [2.24, 2.45) is 0 Å². The van der Waals surface area contributed by atoms with E-state index in [0.717, 1.165) is 43.4 Å². The SMILES string of the molecule is CC[CH2][Sn]([CH2]CC)([O]C)[O][Sn]([CH2]CC)([CH2]CC)[O]C(C)=O. The zero-order chi connectivity index (χ0) is 16.4. The van der Waals surface area contributed by atoms with E-state index in [1.807, 2.05) is 7.11 Å². The van der Waals surface area contributed by atoms with E-state index in [-0.39, 0.29) is 5.97 Å². The summed E-state index contributed by atoms with van der Waals surface area (Å²) in [6.07, 6.45) is 4.22. The fraction of sp³-hybridized carbons (Fsp3) is 0.933. The van der Waals surface area contributed by atoms with Gasteiger partial charge in [0.1, 0.15) is 0 Å². The van der Waals surface area contributed by atoms with E-state index in [1.54, 1.807) is 0 Å². The summed E-state index contributed by atoms with van der Waals surface area (Å²) in [4.78, 5) is 11.6. The van der Waals surface area contributed by atoms with Gasteiger partial charge in [0.2, 0.25) is 0 Å². The van der Waals surface area contributed by atoms with Gasteiger partial charge in [0.05, 0.1) is 0 Å². The molecule has 0 aliphatic heterocycles. The third kappa shape index (κ3) is 7.88. The van der Waals surface area contributed by atoms with E-state index >= 15 is 0 Å². The van der Waals surface area contributed by atoms with Crippen molar-refractivity contribution in [2.45, 2.75) is 78.0 Å². The Kier molecular flexibility index (Phi) is 12.1. The van der Waals surface area contributed by atoms with Gasteiger partial charge in [-0.05, 0) is 0 Å². The van der Waals surface area contributed by atoms with Gasteiger partial charge >= 0.3 is 142 Å². The van der Waals surface area contributed by atoms with E-state index < -0.39 is 38.4 Å². The van der Waals surface area contributed by atoms with Crippen molar-refractivity contribution in [1.82, 2.24) is 0 Å². The Hall–Kier alpha value is 0.987. The number of rotatable bonds is 12. The fourth-order valence-electron chi connectivity index (χ4n) is 2.95. The normalized spacial score (nSPS) is 12.5. The van der Waals surface area contributed by atoms with Crippen LogP contribution in [0.4, 0.5) is 0 Å². The third-order valence-electron chi connectivity index (χ3n) is 3.60. The minimum absolute atomic E-state index is 0.169. The first-order valence-electron chi connectivity index (χ1n) is 8.38. The van der Waals surface area contributed by atoms with Crippen LogP contribution in [0.15, 0.2) is 0 Å². The molecule has 0 rings (SSSR count). The molecule has 0 aliphatic rings. The van der Waals surface area contributed by atoms with Crippen molar-refractivity contribution in [3.8, 4) is 0 Å². The molecule has 0 aliphatic carbocycles. The number of hydrogen-bond acceptors (Lipinski definition) is 4. The summed E-state index contributed by atoms with van der Waals surface area (Å²) < 4.78 is 22.7. The van der Waals surface area contributed by atoms with Gasteiger partial charge in [0.25, 0.3) is 0 Å². The van der Waals surface area contributed by atoms with Crippen molar-refractivity contribution < 1.29 is 12.4 Å². The molecular weight excluding hydrogens is 482 g/mol. The van der Waals surface area contributed by atoms with Gasteiger partial charge in [-0.1, -0.05) is 0 Å². The summed E-state index contributed by atoms with van der Waals surface area (Å²) >= 11 is -6.42. The van der Waals surface area contributed by atoms with Gasteiger partial charge in [0, 0.05) is 0 Å². The maximum atomic E-state index is 11.6. The van der Waals surface area contributed by atoms with Gasteiger partial charge in [-0.25, -0.2) is 0 Å². The quantitative estimate of drug-likeness (QED) is 0.352. The zero-order valence-corrected chi connectivity index (χ0v) is 20.5. The van der Waals surface area contributed by atoms with E-state index in [0.29, 0.717) is 0 Å². The zero-order valence-electron chi connectivity index (χ0n) is 14.8. The van der Waals surface area contributed by atoms with Crippen LogP contribution in [0.1, 0.15) is 60.3 Å². The summed E-state index contributed by atoms with van der Waals surface area (Å²) in [5.41, 5.74) is 0. The second-order valence-electron chi connectivity index (χ2n) is 5.72. The Morgan fingerprint density at radius 1 is 0.810 bits per heavy atom. The molecule has 0 spiro atoms. The molecule has 0 saturated carbocycles. The van der Waals surface area contributed by atoms with Gasteiger partial charge in [-0.2, -0.15) is 0 Å². The Balaban J connectivity index is 5.39. The van der Waals surface area contributed by atoms with Crippen LogP contribution < -0.4 is 0 Å². The van der Waals surface area contributed by atoms with E-state index in [9.17, 15) is 4.79 Å². The molecule has 0 radical (unpaired) electrons. The van der Waals surface area contributed by atoms with Crippen molar-refractivity contribution in [1.29, 1.82) is 0 Å². The topological polar surface area (TPSA) is 44.8 Å². The molecule has 21 heavy (non-hydrogen) atoms. The summed E-state index contributed by atoms with van der Waals surface area (Å²) in [5, 5.41) is 0. The van der Waals surface area contributed by atoms with Crippen LogP contribution in [0.2, 0.25) is 17.7 Å². The van der Waals surface area contributed by atoms with Gasteiger partial charge in [-0.15, -0.1) is 0 Å². The van der Waals surface area contributed by atoms with Crippen LogP contribution >= 0.6 is 0 Å². The Morgan fingerprint density at radius 3 is 1.48 bits per heavy atom. The van der Waals surface area contributed by atoms with Crippen molar-refractivity contribution >= 4 is 44.4 Å². The molecule has 0 unspecified atom stereocenters. The van der Waals surface area contributed by atoms with Crippen LogP contribution in [-0.4, -0.2) is 51.5 Å². The standard InChI is InChI=1S/4C3H7.C2H4O2.CH3O.O.2Sn/c4*1-3-2;1-2(3)4;1-2;;;/h4*1,3H2,2H3;1H3,(H,3,4);1H3;;;/q;;;;;-1;;2*+1/p-1. The predicted molar refractivity (Wildman–Crippen MR) is 91.8 cm³/mol. The Bertz CT molecular complexity index is 285. The molecule has 0 bridgehead atoms. The molecule has 0 heterocycles. The molecule has 0 N–H and O–H groups in total. The molecule has 0 aromatic rings. The third-order valence-corrected chi connectivity index (χ3v) is 38.4. The second-order valence-corrected chi connectivity index (χ2v) is 28.1. The summed E-state index contributed by atoms with van der Waals surface area (Å²) in [6.45, 7) is 10.2. The first-order chi connectivity index (χ1) is 9.93. The van der Waals surface area contributed by atoms with E-state index in [2.05, 4.69) is 27.7 Å². The molecule has 0 saturated heterocycles. The van der Waals surface area contributed by atoms with Crippen LogP contribution in [-0.2, 0) is 12.4 Å². The van der Waals surface area contributed by atoms with Crippen LogP contribution in [0.3, 0.4) is 0 Å². The van der Waals surface area contributed by atoms with E-state index in [1.165, 1.54) is 6.92 Å². The van der Waals surface area contributed by atoms with E-state index in [4.69, 9.17) is 7.56 Å².